The van der Waals surface area contributed by atoms with Gasteiger partial charge in [-0.15, -0.1) is 17.9 Å². The van der Waals surface area contributed by atoms with Gasteiger partial charge < -0.3 is 4.74 Å². The van der Waals surface area contributed by atoms with Crippen LogP contribution >= 0.6 is 11.3 Å². The fourth-order valence-corrected chi connectivity index (χ4v) is 5.53. The van der Waals surface area contributed by atoms with Gasteiger partial charge in [0, 0.05) is 17.1 Å². The highest BCUT2D eigenvalue weighted by atomic mass is 32.2. The number of hydrogen-bond acceptors (Lipinski definition) is 7. The van der Waals surface area contributed by atoms with Crippen molar-refractivity contribution in [2.45, 2.75) is 4.90 Å². The molecule has 2 aromatic heterocycles. The van der Waals surface area contributed by atoms with Gasteiger partial charge in [0.05, 0.1) is 29.9 Å². The number of ether oxygens (including phenoxy) is 1. The Morgan fingerprint density at radius 2 is 1.91 bits per heavy atom. The Morgan fingerprint density at radius 3 is 2.66 bits per heavy atom. The third-order valence-corrected chi connectivity index (χ3v) is 7.52. The maximum Gasteiger partial charge on any atom is 0.264 e. The normalized spacial score (nSPS) is 11.0. The van der Waals surface area contributed by atoms with Crippen LogP contribution in [0.1, 0.15) is 10.4 Å². The number of methoxy groups -OCH3 is 1. The number of benzene rings is 2. The Morgan fingerprint density at radius 1 is 1.11 bits per heavy atom. The lowest BCUT2D eigenvalue weighted by Gasteiger charge is -2.25. The Kier molecular flexibility index (Phi) is 7.23. The molecule has 1 amide bonds. The molecule has 35 heavy (non-hydrogen) atoms. The Labute approximate surface area is 207 Å². The molecule has 178 valence electrons. The van der Waals surface area contributed by atoms with Crippen molar-refractivity contribution in [3.8, 4) is 17.1 Å². The van der Waals surface area contributed by atoms with Gasteiger partial charge in [0.1, 0.15) is 11.4 Å². The maximum atomic E-state index is 13.6. The first kappa shape index (κ1) is 24.1. The second-order valence-corrected chi connectivity index (χ2v) is 9.95. The molecule has 4 aromatic rings. The largest absolute Gasteiger partial charge is 0.495 e. The summed E-state index contributed by atoms with van der Waals surface area (Å²) in [7, 11) is -2.56. The van der Waals surface area contributed by atoms with Crippen molar-refractivity contribution < 1.29 is 17.9 Å². The zero-order valence-corrected chi connectivity index (χ0v) is 20.4. The lowest BCUT2D eigenvalue weighted by Crippen LogP contribution is -2.31. The molecule has 0 saturated heterocycles. The predicted octanol–water partition coefficient (Wildman–Crippen LogP) is 4.85. The van der Waals surface area contributed by atoms with E-state index in [1.807, 2.05) is 18.2 Å². The van der Waals surface area contributed by atoms with Crippen LogP contribution in [-0.2, 0) is 10.0 Å². The summed E-state index contributed by atoms with van der Waals surface area (Å²) in [5.41, 5.74) is 1.88. The van der Waals surface area contributed by atoms with Gasteiger partial charge in [0.25, 0.3) is 15.9 Å². The number of pyridine rings is 1. The van der Waals surface area contributed by atoms with E-state index in [1.165, 1.54) is 47.0 Å². The zero-order valence-electron chi connectivity index (χ0n) is 18.8. The van der Waals surface area contributed by atoms with Crippen LogP contribution in [-0.4, -0.2) is 37.9 Å². The molecule has 4 rings (SSSR count). The van der Waals surface area contributed by atoms with Crippen molar-refractivity contribution in [3.63, 3.8) is 0 Å². The van der Waals surface area contributed by atoms with E-state index in [-0.39, 0.29) is 17.0 Å². The Bertz CT molecular complexity index is 1450. The third kappa shape index (κ3) is 5.23. The molecule has 0 spiro atoms. The smallest absolute Gasteiger partial charge is 0.264 e. The number of aromatic nitrogens is 2. The number of carbonyl (C=O) groups is 1. The van der Waals surface area contributed by atoms with Crippen LogP contribution in [0.2, 0.25) is 0 Å². The predicted molar refractivity (Wildman–Crippen MR) is 137 cm³/mol. The van der Waals surface area contributed by atoms with Gasteiger partial charge in [-0.25, -0.2) is 13.4 Å². The fourth-order valence-electron chi connectivity index (χ4n) is 3.34. The summed E-state index contributed by atoms with van der Waals surface area (Å²) in [6.07, 6.45) is 3.15. The molecule has 0 aliphatic heterocycles. The van der Waals surface area contributed by atoms with Gasteiger partial charge in [-0.2, -0.15) is 0 Å². The molecule has 8 nitrogen and oxygen atoms in total. The van der Waals surface area contributed by atoms with E-state index in [0.29, 0.717) is 28.0 Å². The average Bonchev–Trinajstić information content (AvgIpc) is 3.36. The standard InChI is InChI=1S/C25H22N4O4S2/c1-3-15-29(22-12-4-5-13-23(22)33-2)35(31,32)19-10-8-9-18(16-19)24(30)28-25-27-21(17-34-25)20-11-6-7-14-26-20/h3-14,16-17H,1,15H2,2H3,(H,27,28,30). The number of thiazole rings is 1. The number of rotatable bonds is 9. The fraction of sp³-hybridized carbons (Fsp3) is 0.0800. The number of nitrogens with one attached hydrogen (secondary N) is 1. The van der Waals surface area contributed by atoms with Gasteiger partial charge >= 0.3 is 0 Å². The van der Waals surface area contributed by atoms with E-state index in [2.05, 4.69) is 21.9 Å². The molecule has 10 heteroatoms. The van der Waals surface area contributed by atoms with Crippen molar-refractivity contribution in [1.82, 2.24) is 9.97 Å². The van der Waals surface area contributed by atoms with E-state index in [1.54, 1.807) is 41.9 Å². The minimum Gasteiger partial charge on any atom is -0.495 e. The van der Waals surface area contributed by atoms with Crippen molar-refractivity contribution in [2.75, 3.05) is 23.3 Å². The number of amides is 1. The SMILES string of the molecule is C=CCN(c1ccccc1OC)S(=O)(=O)c1cccc(C(=O)Nc2nc(-c3ccccn3)cs2)c1. The summed E-state index contributed by atoms with van der Waals surface area (Å²) in [5.74, 6) is -0.0733. The molecule has 0 bridgehead atoms. The van der Waals surface area contributed by atoms with Crippen molar-refractivity contribution in [1.29, 1.82) is 0 Å². The number of nitrogens with zero attached hydrogens (tertiary/aromatic N) is 3. The Hall–Kier alpha value is -4.02. The van der Waals surface area contributed by atoms with Crippen LogP contribution in [0.3, 0.4) is 0 Å². The molecule has 0 atom stereocenters. The highest BCUT2D eigenvalue weighted by Crippen LogP contribution is 2.32. The highest BCUT2D eigenvalue weighted by molar-refractivity contribution is 7.92. The van der Waals surface area contributed by atoms with Crippen molar-refractivity contribution >= 4 is 38.1 Å². The van der Waals surface area contributed by atoms with Crippen LogP contribution in [0.15, 0.2) is 95.9 Å². The third-order valence-electron chi connectivity index (χ3n) is 4.98. The minimum atomic E-state index is -4.03. The summed E-state index contributed by atoms with van der Waals surface area (Å²) in [6, 6.07) is 18.1. The monoisotopic (exact) mass is 506 g/mol. The molecular formula is C25H22N4O4S2. The van der Waals surface area contributed by atoms with Gasteiger partial charge in [-0.05, 0) is 42.5 Å². The van der Waals surface area contributed by atoms with E-state index in [4.69, 9.17) is 4.74 Å². The molecule has 0 saturated carbocycles. The second kappa shape index (κ2) is 10.5. The quantitative estimate of drug-likeness (QED) is 0.326. The van der Waals surface area contributed by atoms with Gasteiger partial charge in [-0.1, -0.05) is 30.3 Å². The number of carbonyl (C=O) groups excluding carboxylic acids is 1. The topological polar surface area (TPSA) is 101 Å². The second-order valence-electron chi connectivity index (χ2n) is 7.23. The van der Waals surface area contributed by atoms with Crippen LogP contribution in [0.25, 0.3) is 11.4 Å². The number of anilines is 2. The summed E-state index contributed by atoms with van der Waals surface area (Å²) >= 11 is 1.26. The summed E-state index contributed by atoms with van der Waals surface area (Å²) in [4.78, 5) is 21.5. The molecule has 2 heterocycles. The summed E-state index contributed by atoms with van der Waals surface area (Å²) in [6.45, 7) is 3.71. The van der Waals surface area contributed by atoms with Crippen LogP contribution in [0.5, 0.6) is 5.75 Å². The van der Waals surface area contributed by atoms with Gasteiger partial charge in [-0.3, -0.25) is 19.4 Å². The highest BCUT2D eigenvalue weighted by Gasteiger charge is 2.27. The number of sulfonamides is 1. The Balaban J connectivity index is 1.60. The first-order valence-corrected chi connectivity index (χ1v) is 12.8. The van der Waals surface area contributed by atoms with Crippen molar-refractivity contribution in [2.24, 2.45) is 0 Å². The van der Waals surface area contributed by atoms with E-state index < -0.39 is 15.9 Å². The molecule has 0 aliphatic rings. The summed E-state index contributed by atoms with van der Waals surface area (Å²) in [5, 5.41) is 4.90. The summed E-state index contributed by atoms with van der Waals surface area (Å²) < 4.78 is 33.7. The average molecular weight is 507 g/mol. The van der Waals surface area contributed by atoms with Crippen LogP contribution in [0, 0.1) is 0 Å². The molecule has 0 radical (unpaired) electrons. The van der Waals surface area contributed by atoms with Crippen LogP contribution < -0.4 is 14.4 Å². The lowest BCUT2D eigenvalue weighted by molar-refractivity contribution is 0.102. The lowest BCUT2D eigenvalue weighted by atomic mass is 10.2. The first-order valence-electron chi connectivity index (χ1n) is 10.5. The molecule has 0 aliphatic carbocycles. The maximum absolute atomic E-state index is 13.6. The van der Waals surface area contributed by atoms with E-state index in [9.17, 15) is 13.2 Å². The molecule has 0 unspecified atom stereocenters. The van der Waals surface area contributed by atoms with E-state index >= 15 is 0 Å². The van der Waals surface area contributed by atoms with E-state index in [0.717, 1.165) is 0 Å². The van der Waals surface area contributed by atoms with Gasteiger partial charge in [0.2, 0.25) is 0 Å². The van der Waals surface area contributed by atoms with Crippen LogP contribution in [0.4, 0.5) is 10.8 Å². The number of para-hydroxylation sites is 2. The first-order chi connectivity index (χ1) is 16.9. The molecule has 2 aromatic carbocycles. The minimum absolute atomic E-state index is 0.0224. The molecule has 1 N–H and O–H groups in total. The molecular weight excluding hydrogens is 484 g/mol. The zero-order chi connectivity index (χ0) is 24.8. The molecule has 0 fully saturated rings. The van der Waals surface area contributed by atoms with Crippen molar-refractivity contribution in [3.05, 3.63) is 96.5 Å². The number of hydrogen-bond donors (Lipinski definition) is 1. The van der Waals surface area contributed by atoms with Gasteiger partial charge in [0.15, 0.2) is 5.13 Å².